The summed E-state index contributed by atoms with van der Waals surface area (Å²) in [5.74, 6) is 0. The van der Waals surface area contributed by atoms with Gasteiger partial charge < -0.3 is 5.11 Å². The highest BCUT2D eigenvalue weighted by atomic mass is 16.3. The molecule has 1 rings (SSSR count). The van der Waals surface area contributed by atoms with E-state index in [2.05, 4.69) is 20.8 Å². The second kappa shape index (κ2) is 3.05. The molecule has 0 saturated carbocycles. The highest BCUT2D eigenvalue weighted by Crippen LogP contribution is 2.15. The second-order valence-corrected chi connectivity index (χ2v) is 2.91. The van der Waals surface area contributed by atoms with E-state index in [1.54, 1.807) is 0 Å². The lowest BCUT2D eigenvalue weighted by molar-refractivity contribution is 0.414. The summed E-state index contributed by atoms with van der Waals surface area (Å²) in [6.45, 7) is 7.33. The van der Waals surface area contributed by atoms with E-state index in [9.17, 15) is 0 Å². The quantitative estimate of drug-likeness (QED) is 0.650. The van der Waals surface area contributed by atoms with Gasteiger partial charge in [-0.1, -0.05) is 12.1 Å². The summed E-state index contributed by atoms with van der Waals surface area (Å²) in [5, 5.41) is 8.75. The number of aliphatic hydroxyl groups is 1. The molecule has 1 radical (unpaired) electrons. The van der Waals surface area contributed by atoms with Gasteiger partial charge in [0.05, 0.1) is 0 Å². The molecule has 0 saturated heterocycles. The van der Waals surface area contributed by atoms with Crippen molar-refractivity contribution < 1.29 is 5.11 Å². The summed E-state index contributed by atoms with van der Waals surface area (Å²) in [4.78, 5) is 0. The first-order valence-corrected chi connectivity index (χ1v) is 3.70. The van der Waals surface area contributed by atoms with Crippen LogP contribution in [-0.2, 0) is 0 Å². The molecular formula is C10H13O. The van der Waals surface area contributed by atoms with Crippen LogP contribution in [0.4, 0.5) is 0 Å². The lowest BCUT2D eigenvalue weighted by atomic mass is 10.0. The van der Waals surface area contributed by atoms with Crippen molar-refractivity contribution in [3.63, 3.8) is 0 Å². The lowest BCUT2D eigenvalue weighted by Gasteiger charge is -2.06. The number of aryl methyl sites for hydroxylation is 2. The molecule has 11 heavy (non-hydrogen) atoms. The molecule has 0 unspecified atom stereocenters. The van der Waals surface area contributed by atoms with Crippen molar-refractivity contribution >= 4 is 0 Å². The average Bonchev–Trinajstić information content (AvgIpc) is 1.99. The third kappa shape index (κ3) is 1.60. The molecule has 0 aliphatic carbocycles. The van der Waals surface area contributed by atoms with E-state index >= 15 is 0 Å². The monoisotopic (exact) mass is 149 g/mol. The predicted molar refractivity (Wildman–Crippen MR) is 46.0 cm³/mol. The maximum atomic E-state index is 8.75. The molecule has 0 aliphatic rings. The van der Waals surface area contributed by atoms with E-state index in [1.807, 2.05) is 12.1 Å². The zero-order valence-corrected chi connectivity index (χ0v) is 7.18. The molecule has 1 aromatic rings. The van der Waals surface area contributed by atoms with E-state index in [-0.39, 0.29) is 0 Å². The summed E-state index contributed by atoms with van der Waals surface area (Å²) in [5.41, 5.74) is 4.64. The highest BCUT2D eigenvalue weighted by Gasteiger charge is 1.99. The van der Waals surface area contributed by atoms with Crippen LogP contribution in [0.3, 0.4) is 0 Å². The van der Waals surface area contributed by atoms with Crippen LogP contribution in [0.2, 0.25) is 0 Å². The smallest absolute Gasteiger partial charge is 0.109 e. The minimum absolute atomic E-state index is 0.880. The third-order valence-corrected chi connectivity index (χ3v) is 2.10. The Bertz CT molecular complexity index is 241. The van der Waals surface area contributed by atoms with E-state index in [0.717, 1.165) is 12.2 Å². The van der Waals surface area contributed by atoms with Gasteiger partial charge in [-0.15, -0.1) is 0 Å². The molecule has 0 fully saturated rings. The van der Waals surface area contributed by atoms with E-state index in [0.29, 0.717) is 0 Å². The molecule has 0 heterocycles. The topological polar surface area (TPSA) is 20.2 Å². The van der Waals surface area contributed by atoms with E-state index < -0.39 is 0 Å². The molecular weight excluding hydrogens is 136 g/mol. The number of benzene rings is 1. The Morgan fingerprint density at radius 3 is 1.91 bits per heavy atom. The standard InChI is InChI=1S/C10H13O/c1-7-4-10(6-11)5-8(2)9(7)3/h4-6,11H,1-3H3. The summed E-state index contributed by atoms with van der Waals surface area (Å²) in [7, 11) is 0. The van der Waals surface area contributed by atoms with Crippen molar-refractivity contribution in [2.45, 2.75) is 20.8 Å². The Hall–Kier alpha value is -0.820. The van der Waals surface area contributed by atoms with Gasteiger partial charge in [0.1, 0.15) is 6.61 Å². The van der Waals surface area contributed by atoms with Crippen molar-refractivity contribution in [1.29, 1.82) is 0 Å². The van der Waals surface area contributed by atoms with Gasteiger partial charge in [0, 0.05) is 0 Å². The van der Waals surface area contributed by atoms with E-state index in [4.69, 9.17) is 5.11 Å². The van der Waals surface area contributed by atoms with Crippen molar-refractivity contribution in [1.82, 2.24) is 0 Å². The van der Waals surface area contributed by atoms with Gasteiger partial charge in [-0.05, 0) is 43.0 Å². The summed E-state index contributed by atoms with van der Waals surface area (Å²) in [6, 6.07) is 3.95. The summed E-state index contributed by atoms with van der Waals surface area (Å²) < 4.78 is 0. The molecule has 1 nitrogen and oxygen atoms in total. The summed E-state index contributed by atoms with van der Waals surface area (Å²) >= 11 is 0. The molecule has 1 heteroatoms. The Labute approximate surface area is 67.7 Å². The highest BCUT2D eigenvalue weighted by molar-refractivity contribution is 5.38. The number of hydrogen-bond donors (Lipinski definition) is 1. The molecule has 0 atom stereocenters. The fraction of sp³-hybridized carbons (Fsp3) is 0.300. The SMILES string of the molecule is Cc1cc([CH]O)cc(C)c1C. The van der Waals surface area contributed by atoms with Gasteiger partial charge in [-0.3, -0.25) is 0 Å². The molecule has 0 aliphatic heterocycles. The van der Waals surface area contributed by atoms with Crippen LogP contribution in [0.25, 0.3) is 0 Å². The van der Waals surface area contributed by atoms with Crippen molar-refractivity contribution in [3.8, 4) is 0 Å². The van der Waals surface area contributed by atoms with Crippen molar-refractivity contribution in [2.24, 2.45) is 0 Å². The molecule has 0 spiro atoms. The van der Waals surface area contributed by atoms with Crippen molar-refractivity contribution in [3.05, 3.63) is 41.0 Å². The number of aliphatic hydroxyl groups excluding tert-OH is 1. The second-order valence-electron chi connectivity index (χ2n) is 2.91. The average molecular weight is 149 g/mol. The minimum Gasteiger partial charge on any atom is -0.385 e. The van der Waals surface area contributed by atoms with Crippen molar-refractivity contribution in [2.75, 3.05) is 0 Å². The zero-order chi connectivity index (χ0) is 8.43. The molecule has 0 amide bonds. The van der Waals surface area contributed by atoms with Crippen LogP contribution in [-0.4, -0.2) is 5.11 Å². The van der Waals surface area contributed by atoms with Gasteiger partial charge in [-0.2, -0.15) is 0 Å². The van der Waals surface area contributed by atoms with Gasteiger partial charge in [0.2, 0.25) is 0 Å². The summed E-state index contributed by atoms with van der Waals surface area (Å²) in [6.07, 6.45) is 0. The molecule has 1 N–H and O–H groups in total. The molecule has 1 aromatic carbocycles. The van der Waals surface area contributed by atoms with Gasteiger partial charge in [0.25, 0.3) is 0 Å². The Kier molecular flexibility index (Phi) is 2.30. The Morgan fingerprint density at radius 2 is 1.55 bits per heavy atom. The van der Waals surface area contributed by atoms with Crippen LogP contribution in [0.1, 0.15) is 22.3 Å². The first-order chi connectivity index (χ1) is 5.15. The van der Waals surface area contributed by atoms with Crippen LogP contribution in [0.5, 0.6) is 0 Å². The first kappa shape index (κ1) is 8.28. The predicted octanol–water partition coefficient (Wildman–Crippen LogP) is 2.49. The molecule has 0 aromatic heterocycles. The van der Waals surface area contributed by atoms with Crippen LogP contribution >= 0.6 is 0 Å². The van der Waals surface area contributed by atoms with Gasteiger partial charge in [-0.25, -0.2) is 0 Å². The van der Waals surface area contributed by atoms with E-state index in [1.165, 1.54) is 16.7 Å². The maximum absolute atomic E-state index is 8.75. The largest absolute Gasteiger partial charge is 0.385 e. The Morgan fingerprint density at radius 1 is 1.09 bits per heavy atom. The van der Waals surface area contributed by atoms with Crippen LogP contribution in [0, 0.1) is 27.4 Å². The number of hydrogen-bond acceptors (Lipinski definition) is 1. The normalized spacial score (nSPS) is 10.2. The van der Waals surface area contributed by atoms with Gasteiger partial charge in [0.15, 0.2) is 0 Å². The third-order valence-electron chi connectivity index (χ3n) is 2.10. The zero-order valence-electron chi connectivity index (χ0n) is 7.18. The Balaban J connectivity index is 3.21. The first-order valence-electron chi connectivity index (χ1n) is 3.70. The number of rotatable bonds is 1. The van der Waals surface area contributed by atoms with Gasteiger partial charge >= 0.3 is 0 Å². The lowest BCUT2D eigenvalue weighted by Crippen LogP contribution is -1.89. The van der Waals surface area contributed by atoms with Crippen LogP contribution in [0.15, 0.2) is 12.1 Å². The maximum Gasteiger partial charge on any atom is 0.109 e. The molecule has 59 valence electrons. The molecule has 0 bridgehead atoms. The minimum atomic E-state index is 0.880. The fourth-order valence-corrected chi connectivity index (χ4v) is 1.14. The van der Waals surface area contributed by atoms with Crippen LogP contribution < -0.4 is 0 Å². The fourth-order valence-electron chi connectivity index (χ4n) is 1.14.